The summed E-state index contributed by atoms with van der Waals surface area (Å²) in [7, 11) is 3.13. The van der Waals surface area contributed by atoms with Crippen LogP contribution >= 0.6 is 27.5 Å². The van der Waals surface area contributed by atoms with Gasteiger partial charge in [-0.1, -0.05) is 22.0 Å². The molecule has 0 radical (unpaired) electrons. The lowest BCUT2D eigenvalue weighted by Gasteiger charge is -2.15. The van der Waals surface area contributed by atoms with Crippen molar-refractivity contribution in [3.63, 3.8) is 0 Å². The zero-order valence-corrected chi connectivity index (χ0v) is 13.3. The average molecular weight is 360 g/mol. The van der Waals surface area contributed by atoms with E-state index in [0.717, 1.165) is 10.0 Å². The molecule has 0 saturated carbocycles. The van der Waals surface area contributed by atoms with Crippen molar-refractivity contribution in [3.8, 4) is 11.5 Å². The van der Waals surface area contributed by atoms with Crippen molar-refractivity contribution in [2.24, 2.45) is 0 Å². The first-order valence-corrected chi connectivity index (χ1v) is 7.10. The maximum atomic E-state index is 13.4. The van der Waals surface area contributed by atoms with Crippen molar-refractivity contribution < 1.29 is 13.9 Å². The van der Waals surface area contributed by atoms with E-state index < -0.39 is 5.38 Å². The van der Waals surface area contributed by atoms with Gasteiger partial charge in [0.25, 0.3) is 0 Å². The molecule has 0 heterocycles. The van der Waals surface area contributed by atoms with Crippen molar-refractivity contribution >= 4 is 27.5 Å². The number of methoxy groups -OCH3 is 2. The highest BCUT2D eigenvalue weighted by molar-refractivity contribution is 9.10. The van der Waals surface area contributed by atoms with E-state index in [2.05, 4.69) is 15.9 Å². The zero-order chi connectivity index (χ0) is 14.7. The van der Waals surface area contributed by atoms with E-state index >= 15 is 0 Å². The van der Waals surface area contributed by atoms with Crippen molar-refractivity contribution in [3.05, 3.63) is 57.8 Å². The number of alkyl halides is 1. The highest BCUT2D eigenvalue weighted by atomic mass is 79.9. The van der Waals surface area contributed by atoms with Crippen LogP contribution in [0.15, 0.2) is 40.9 Å². The molecule has 5 heteroatoms. The van der Waals surface area contributed by atoms with Gasteiger partial charge >= 0.3 is 0 Å². The van der Waals surface area contributed by atoms with Crippen LogP contribution in [0.1, 0.15) is 16.5 Å². The Labute approximate surface area is 130 Å². The molecule has 0 saturated heterocycles. The van der Waals surface area contributed by atoms with Crippen LogP contribution in [0, 0.1) is 5.82 Å². The van der Waals surface area contributed by atoms with Crippen LogP contribution in [0.4, 0.5) is 4.39 Å². The third kappa shape index (κ3) is 3.07. The van der Waals surface area contributed by atoms with Gasteiger partial charge in [-0.15, -0.1) is 11.6 Å². The largest absolute Gasteiger partial charge is 0.493 e. The van der Waals surface area contributed by atoms with Crippen LogP contribution in [-0.2, 0) is 0 Å². The molecule has 106 valence electrons. The van der Waals surface area contributed by atoms with Gasteiger partial charge < -0.3 is 9.47 Å². The summed E-state index contributed by atoms with van der Waals surface area (Å²) in [6.07, 6.45) is 0. The topological polar surface area (TPSA) is 18.5 Å². The maximum Gasteiger partial charge on any atom is 0.161 e. The maximum absolute atomic E-state index is 13.4. The van der Waals surface area contributed by atoms with E-state index in [1.165, 1.54) is 12.1 Å². The summed E-state index contributed by atoms with van der Waals surface area (Å²) in [5.41, 5.74) is 1.47. The van der Waals surface area contributed by atoms with Crippen molar-refractivity contribution in [2.75, 3.05) is 14.2 Å². The summed E-state index contributed by atoms with van der Waals surface area (Å²) in [6, 6.07) is 9.83. The van der Waals surface area contributed by atoms with Gasteiger partial charge in [-0.3, -0.25) is 0 Å². The van der Waals surface area contributed by atoms with E-state index in [1.54, 1.807) is 32.4 Å². The molecular weight excluding hydrogens is 347 g/mol. The van der Waals surface area contributed by atoms with Crippen LogP contribution in [0.25, 0.3) is 0 Å². The van der Waals surface area contributed by atoms with E-state index in [1.807, 2.05) is 6.07 Å². The number of hydrogen-bond acceptors (Lipinski definition) is 2. The number of halogens is 3. The Morgan fingerprint density at radius 3 is 2.40 bits per heavy atom. The molecule has 0 aromatic heterocycles. The Bertz CT molecular complexity index is 619. The SMILES string of the molecule is COc1ccc(C(Cl)c2cc(F)ccc2Br)cc1OC. The summed E-state index contributed by atoms with van der Waals surface area (Å²) in [6.45, 7) is 0. The predicted octanol–water partition coefficient (Wildman–Crippen LogP) is 4.93. The standard InChI is InChI=1S/C15H13BrClFO2/c1-19-13-6-3-9(7-14(13)20-2)15(17)11-8-10(18)4-5-12(11)16/h3-8,15H,1-2H3. The summed E-state index contributed by atoms with van der Waals surface area (Å²) >= 11 is 9.83. The van der Waals surface area contributed by atoms with Crippen LogP contribution in [0.3, 0.4) is 0 Å². The quantitative estimate of drug-likeness (QED) is 0.720. The smallest absolute Gasteiger partial charge is 0.161 e. The second-order valence-electron chi connectivity index (χ2n) is 4.14. The fourth-order valence-electron chi connectivity index (χ4n) is 1.90. The molecule has 0 bridgehead atoms. The van der Waals surface area contributed by atoms with Crippen molar-refractivity contribution in [1.82, 2.24) is 0 Å². The van der Waals surface area contributed by atoms with Gasteiger partial charge in [0.15, 0.2) is 11.5 Å². The average Bonchev–Trinajstić information content (AvgIpc) is 2.48. The number of ether oxygens (including phenoxy) is 2. The highest BCUT2D eigenvalue weighted by Gasteiger charge is 2.17. The molecule has 2 aromatic rings. The second kappa shape index (κ2) is 6.46. The van der Waals surface area contributed by atoms with Crippen LogP contribution < -0.4 is 9.47 Å². The van der Waals surface area contributed by atoms with Crippen LogP contribution in [0.5, 0.6) is 11.5 Å². The summed E-state index contributed by atoms with van der Waals surface area (Å²) < 4.78 is 24.6. The zero-order valence-electron chi connectivity index (χ0n) is 11.0. The monoisotopic (exact) mass is 358 g/mol. The normalized spacial score (nSPS) is 12.1. The number of benzene rings is 2. The lowest BCUT2D eigenvalue weighted by molar-refractivity contribution is 0.354. The molecule has 1 unspecified atom stereocenters. The fourth-order valence-corrected chi connectivity index (χ4v) is 2.82. The van der Waals surface area contributed by atoms with Crippen LogP contribution in [0.2, 0.25) is 0 Å². The molecule has 0 aliphatic heterocycles. The molecule has 0 spiro atoms. The minimum Gasteiger partial charge on any atom is -0.493 e. The highest BCUT2D eigenvalue weighted by Crippen LogP contribution is 2.38. The molecular formula is C15H13BrClFO2. The Hall–Kier alpha value is -1.26. The number of rotatable bonds is 4. The predicted molar refractivity (Wildman–Crippen MR) is 81.3 cm³/mol. The Morgan fingerprint density at radius 1 is 1.05 bits per heavy atom. The third-order valence-electron chi connectivity index (χ3n) is 2.93. The molecule has 20 heavy (non-hydrogen) atoms. The molecule has 0 fully saturated rings. The van der Waals surface area contributed by atoms with Gasteiger partial charge in [0.05, 0.1) is 19.6 Å². The lowest BCUT2D eigenvalue weighted by atomic mass is 10.0. The van der Waals surface area contributed by atoms with Crippen molar-refractivity contribution in [1.29, 1.82) is 0 Å². The van der Waals surface area contributed by atoms with E-state index in [0.29, 0.717) is 17.1 Å². The Kier molecular flexibility index (Phi) is 4.89. The molecule has 2 aromatic carbocycles. The minimum atomic E-state index is -0.486. The van der Waals surface area contributed by atoms with E-state index in [-0.39, 0.29) is 5.82 Å². The van der Waals surface area contributed by atoms with Gasteiger partial charge in [0, 0.05) is 4.47 Å². The molecule has 2 nitrogen and oxygen atoms in total. The van der Waals surface area contributed by atoms with Crippen molar-refractivity contribution in [2.45, 2.75) is 5.38 Å². The molecule has 1 atom stereocenters. The summed E-state index contributed by atoms with van der Waals surface area (Å²) in [4.78, 5) is 0. The first kappa shape index (κ1) is 15.1. The Morgan fingerprint density at radius 2 is 1.75 bits per heavy atom. The molecule has 0 aliphatic rings. The van der Waals surface area contributed by atoms with Gasteiger partial charge in [0.1, 0.15) is 5.82 Å². The summed E-state index contributed by atoms with van der Waals surface area (Å²) in [5, 5.41) is -0.486. The van der Waals surface area contributed by atoms with Gasteiger partial charge in [-0.25, -0.2) is 4.39 Å². The Balaban J connectivity index is 2.42. The first-order valence-electron chi connectivity index (χ1n) is 5.87. The lowest BCUT2D eigenvalue weighted by Crippen LogP contribution is -1.98. The van der Waals surface area contributed by atoms with Gasteiger partial charge in [-0.05, 0) is 41.5 Å². The third-order valence-corrected chi connectivity index (χ3v) is 4.14. The molecule has 0 N–H and O–H groups in total. The van der Waals surface area contributed by atoms with Gasteiger partial charge in [-0.2, -0.15) is 0 Å². The molecule has 2 rings (SSSR count). The van der Waals surface area contributed by atoms with E-state index in [4.69, 9.17) is 21.1 Å². The molecule has 0 amide bonds. The summed E-state index contributed by atoms with van der Waals surface area (Å²) in [5.74, 6) is 0.885. The number of hydrogen-bond donors (Lipinski definition) is 0. The van der Waals surface area contributed by atoms with Crippen LogP contribution in [-0.4, -0.2) is 14.2 Å². The van der Waals surface area contributed by atoms with E-state index in [9.17, 15) is 4.39 Å². The van der Waals surface area contributed by atoms with Gasteiger partial charge in [0.2, 0.25) is 0 Å². The molecule has 0 aliphatic carbocycles. The second-order valence-corrected chi connectivity index (χ2v) is 5.43. The fraction of sp³-hybridized carbons (Fsp3) is 0.200. The minimum absolute atomic E-state index is 0.325. The first-order chi connectivity index (χ1) is 9.56.